The number of aliphatic carboxylic acids is 1. The van der Waals surface area contributed by atoms with Crippen molar-refractivity contribution >= 4 is 34.6 Å². The van der Waals surface area contributed by atoms with Crippen molar-refractivity contribution in [3.8, 4) is 0 Å². The summed E-state index contributed by atoms with van der Waals surface area (Å²) in [6.45, 7) is 1.32. The molecule has 0 spiro atoms. The number of carboxylic acid groups (broad SMARTS) is 1. The molecule has 5 atom stereocenters. The number of nitrogens with zero attached hydrogens (tertiary/aromatic N) is 1. The first kappa shape index (κ1) is 30.9. The molecular formula is C30H35N7O6. The number of aliphatic hydroxyl groups excluding tert-OH is 1. The molecule has 5 unspecified atom stereocenters. The van der Waals surface area contributed by atoms with Crippen LogP contribution in [0.15, 0.2) is 73.3 Å². The summed E-state index contributed by atoms with van der Waals surface area (Å²) in [7, 11) is 0. The maximum absolute atomic E-state index is 13.5. The molecule has 4 rings (SSSR count). The second kappa shape index (κ2) is 14.2. The molecule has 43 heavy (non-hydrogen) atoms. The second-order valence-corrected chi connectivity index (χ2v) is 10.3. The van der Waals surface area contributed by atoms with E-state index in [0.29, 0.717) is 16.8 Å². The second-order valence-electron chi connectivity index (χ2n) is 10.3. The average Bonchev–Trinajstić information content (AvgIpc) is 3.65. The molecule has 2 aromatic carbocycles. The molecule has 0 aliphatic rings. The van der Waals surface area contributed by atoms with Gasteiger partial charge in [-0.1, -0.05) is 48.5 Å². The van der Waals surface area contributed by atoms with Gasteiger partial charge in [0.05, 0.1) is 18.5 Å². The first-order valence-electron chi connectivity index (χ1n) is 13.8. The number of carbonyl (C=O) groups is 4. The van der Waals surface area contributed by atoms with Crippen LogP contribution >= 0.6 is 0 Å². The zero-order valence-corrected chi connectivity index (χ0v) is 23.5. The van der Waals surface area contributed by atoms with E-state index >= 15 is 0 Å². The summed E-state index contributed by atoms with van der Waals surface area (Å²) in [5.41, 5.74) is 8.83. The van der Waals surface area contributed by atoms with Gasteiger partial charge in [0, 0.05) is 48.3 Å². The standard InChI is InChI=1S/C30H35N7O6/c1-17(38)26(37-27(39)22(31)13-20-15-32-16-34-20)29(41)35-24(11-18-7-3-2-4-8-18)28(40)36-25(30(42)43)12-19-14-33-23-10-6-5-9-21(19)23/h2-10,14-17,22,24-26,33,38H,11-13,31H2,1H3,(H,32,34)(H,35,41)(H,36,40)(H,37,39)(H,42,43). The van der Waals surface area contributed by atoms with Crippen LogP contribution < -0.4 is 21.7 Å². The number of carboxylic acids is 1. The molecule has 226 valence electrons. The number of benzene rings is 2. The van der Waals surface area contributed by atoms with E-state index in [1.807, 2.05) is 24.3 Å². The fourth-order valence-electron chi connectivity index (χ4n) is 4.70. The van der Waals surface area contributed by atoms with Crippen molar-refractivity contribution in [2.75, 3.05) is 0 Å². The highest BCUT2D eigenvalue weighted by Gasteiger charge is 2.33. The Morgan fingerprint density at radius 3 is 2.23 bits per heavy atom. The molecule has 0 aliphatic heterocycles. The van der Waals surface area contributed by atoms with Crippen molar-refractivity contribution in [2.24, 2.45) is 5.73 Å². The number of fused-ring (bicyclic) bond motifs is 1. The lowest BCUT2D eigenvalue weighted by atomic mass is 10.0. The van der Waals surface area contributed by atoms with Gasteiger partial charge in [0.15, 0.2) is 0 Å². The lowest BCUT2D eigenvalue weighted by Gasteiger charge is -2.26. The number of hydrogen-bond acceptors (Lipinski definition) is 7. The Morgan fingerprint density at radius 1 is 0.860 bits per heavy atom. The van der Waals surface area contributed by atoms with Gasteiger partial charge in [-0.25, -0.2) is 9.78 Å². The monoisotopic (exact) mass is 589 g/mol. The van der Waals surface area contributed by atoms with E-state index in [0.717, 1.165) is 10.9 Å². The number of nitrogens with one attached hydrogen (secondary N) is 5. The maximum atomic E-state index is 13.5. The Balaban J connectivity index is 1.49. The van der Waals surface area contributed by atoms with E-state index in [4.69, 9.17) is 5.73 Å². The maximum Gasteiger partial charge on any atom is 0.326 e. The third-order valence-electron chi connectivity index (χ3n) is 7.02. The molecule has 9 N–H and O–H groups in total. The Morgan fingerprint density at radius 2 is 1.56 bits per heavy atom. The highest BCUT2D eigenvalue weighted by atomic mass is 16.4. The Hall–Kier alpha value is -5.01. The van der Waals surface area contributed by atoms with Crippen LogP contribution in [0.1, 0.15) is 23.7 Å². The van der Waals surface area contributed by atoms with Crippen molar-refractivity contribution in [3.63, 3.8) is 0 Å². The SMILES string of the molecule is CC(O)C(NC(=O)C(N)Cc1cnc[nH]1)C(=O)NC(Cc1ccccc1)C(=O)NC(Cc1c[nH]c2ccccc12)C(=O)O. The number of aliphatic hydroxyl groups is 1. The predicted octanol–water partition coefficient (Wildman–Crippen LogP) is 0.166. The van der Waals surface area contributed by atoms with E-state index in [9.17, 15) is 29.4 Å². The lowest BCUT2D eigenvalue weighted by Crippen LogP contribution is -2.60. The predicted molar refractivity (Wildman–Crippen MR) is 158 cm³/mol. The molecule has 13 nitrogen and oxygen atoms in total. The first-order valence-corrected chi connectivity index (χ1v) is 13.8. The topological polar surface area (TPSA) is 215 Å². The van der Waals surface area contributed by atoms with Gasteiger partial charge in [0.25, 0.3) is 0 Å². The normalized spacial score (nSPS) is 14.7. The fraction of sp³-hybridized carbons (Fsp3) is 0.300. The smallest absolute Gasteiger partial charge is 0.326 e. The highest BCUT2D eigenvalue weighted by Crippen LogP contribution is 2.19. The average molecular weight is 590 g/mol. The largest absolute Gasteiger partial charge is 0.480 e. The number of H-pyrrole nitrogens is 2. The van der Waals surface area contributed by atoms with E-state index < -0.39 is 54.0 Å². The van der Waals surface area contributed by atoms with E-state index in [1.54, 1.807) is 36.5 Å². The molecule has 0 fully saturated rings. The van der Waals surface area contributed by atoms with Crippen molar-refractivity contribution < 1.29 is 29.4 Å². The van der Waals surface area contributed by atoms with Gasteiger partial charge in [-0.3, -0.25) is 14.4 Å². The van der Waals surface area contributed by atoms with Crippen LogP contribution in [0.4, 0.5) is 0 Å². The van der Waals surface area contributed by atoms with Crippen LogP contribution in [-0.4, -0.2) is 79.1 Å². The summed E-state index contributed by atoms with van der Waals surface area (Å²) >= 11 is 0. The highest BCUT2D eigenvalue weighted by molar-refractivity contribution is 5.95. The summed E-state index contributed by atoms with van der Waals surface area (Å²) in [5, 5.41) is 28.7. The van der Waals surface area contributed by atoms with E-state index in [1.165, 1.54) is 19.4 Å². The van der Waals surface area contributed by atoms with Crippen LogP contribution in [0, 0.1) is 0 Å². The van der Waals surface area contributed by atoms with Gasteiger partial charge in [-0.15, -0.1) is 0 Å². The van der Waals surface area contributed by atoms with Crippen LogP contribution in [0.2, 0.25) is 0 Å². The first-order chi connectivity index (χ1) is 20.6. The molecule has 0 bridgehead atoms. The Kier molecular flexibility index (Phi) is 10.3. The van der Waals surface area contributed by atoms with Crippen molar-refractivity contribution in [3.05, 3.63) is 90.1 Å². The van der Waals surface area contributed by atoms with Crippen LogP contribution in [0.3, 0.4) is 0 Å². The van der Waals surface area contributed by atoms with Crippen molar-refractivity contribution in [1.29, 1.82) is 0 Å². The van der Waals surface area contributed by atoms with Crippen LogP contribution in [0.25, 0.3) is 10.9 Å². The number of carbonyl (C=O) groups excluding carboxylic acids is 3. The summed E-state index contributed by atoms with van der Waals surface area (Å²) in [4.78, 5) is 61.6. The molecule has 13 heteroatoms. The van der Waals surface area contributed by atoms with Crippen molar-refractivity contribution in [1.82, 2.24) is 30.9 Å². The third-order valence-corrected chi connectivity index (χ3v) is 7.02. The van der Waals surface area contributed by atoms with Crippen LogP contribution in [0.5, 0.6) is 0 Å². The molecule has 3 amide bonds. The lowest BCUT2D eigenvalue weighted by molar-refractivity contribution is -0.142. The molecule has 2 heterocycles. The molecule has 0 saturated heterocycles. The van der Waals surface area contributed by atoms with Gasteiger partial charge in [-0.05, 0) is 24.1 Å². The number of para-hydroxylation sites is 1. The minimum absolute atomic E-state index is 0.00231. The van der Waals surface area contributed by atoms with E-state index in [2.05, 4.69) is 30.9 Å². The number of hydrogen-bond donors (Lipinski definition) is 8. The zero-order chi connectivity index (χ0) is 30.9. The molecule has 2 aromatic heterocycles. The van der Waals surface area contributed by atoms with Gasteiger partial charge < -0.3 is 41.9 Å². The third kappa shape index (κ3) is 8.27. The molecule has 0 saturated carbocycles. The molecule has 0 aliphatic carbocycles. The number of amides is 3. The minimum Gasteiger partial charge on any atom is -0.480 e. The van der Waals surface area contributed by atoms with Gasteiger partial charge in [-0.2, -0.15) is 0 Å². The van der Waals surface area contributed by atoms with Gasteiger partial charge in [0.2, 0.25) is 17.7 Å². The summed E-state index contributed by atoms with van der Waals surface area (Å²) in [6, 6.07) is 11.2. The zero-order valence-electron chi connectivity index (χ0n) is 23.5. The molecule has 4 aromatic rings. The van der Waals surface area contributed by atoms with Gasteiger partial charge in [0.1, 0.15) is 18.1 Å². The summed E-state index contributed by atoms with van der Waals surface area (Å²) in [6.07, 6.45) is 3.46. The number of rotatable bonds is 14. The van der Waals surface area contributed by atoms with Crippen molar-refractivity contribution in [2.45, 2.75) is 56.5 Å². The van der Waals surface area contributed by atoms with E-state index in [-0.39, 0.29) is 19.3 Å². The minimum atomic E-state index is -1.44. The molecular weight excluding hydrogens is 554 g/mol. The number of aromatic nitrogens is 3. The number of aromatic amines is 2. The van der Waals surface area contributed by atoms with Crippen LogP contribution in [-0.2, 0) is 38.4 Å². The number of nitrogens with two attached hydrogens (primary N) is 1. The quantitative estimate of drug-likeness (QED) is 0.101. The molecule has 0 radical (unpaired) electrons. The summed E-state index contributed by atoms with van der Waals surface area (Å²) < 4.78 is 0. The Labute approximate surface area is 247 Å². The fourth-order valence-corrected chi connectivity index (χ4v) is 4.70. The van der Waals surface area contributed by atoms with Gasteiger partial charge >= 0.3 is 5.97 Å². The summed E-state index contributed by atoms with van der Waals surface area (Å²) in [5.74, 6) is -3.51. The Bertz CT molecular complexity index is 1540. The number of imidazole rings is 1.